The van der Waals surface area contributed by atoms with Gasteiger partial charge in [0.05, 0.1) is 9.04 Å². The number of nitrogens with two attached hydrogens (primary N) is 1. The summed E-state index contributed by atoms with van der Waals surface area (Å²) in [4.78, 5) is 0. The first-order valence-corrected chi connectivity index (χ1v) is 9.69. The van der Waals surface area contributed by atoms with Gasteiger partial charge < -0.3 is 5.73 Å². The summed E-state index contributed by atoms with van der Waals surface area (Å²) in [6, 6.07) is 2.00. The van der Waals surface area contributed by atoms with Crippen molar-refractivity contribution in [2.24, 2.45) is 11.7 Å². The number of thiophene rings is 1. The Kier molecular flexibility index (Phi) is 4.52. The summed E-state index contributed by atoms with van der Waals surface area (Å²) in [5, 5.41) is 1.85. The largest absolute Gasteiger partial charge is 0.324 e. The molecule has 102 valence electrons. The number of hydrogen-bond acceptors (Lipinski definition) is 4. The van der Waals surface area contributed by atoms with Crippen molar-refractivity contribution >= 4 is 37.1 Å². The minimum absolute atomic E-state index is 0.0444. The highest BCUT2D eigenvalue weighted by molar-refractivity contribution is 9.11. The molecule has 0 aliphatic heterocycles. The molecule has 1 aromatic rings. The van der Waals surface area contributed by atoms with Gasteiger partial charge in [-0.15, -0.1) is 11.3 Å². The predicted molar refractivity (Wildman–Crippen MR) is 79.5 cm³/mol. The Balaban J connectivity index is 2.09. The molecule has 18 heavy (non-hydrogen) atoms. The fraction of sp³-hybridized carbons (Fsp3) is 0.667. The van der Waals surface area contributed by atoms with Crippen LogP contribution in [0.2, 0.25) is 0 Å². The van der Waals surface area contributed by atoms with E-state index in [2.05, 4.69) is 21.3 Å². The molecule has 0 spiro atoms. The molecule has 0 bridgehead atoms. The van der Waals surface area contributed by atoms with Gasteiger partial charge in [0.25, 0.3) is 0 Å². The van der Waals surface area contributed by atoms with Crippen molar-refractivity contribution in [1.82, 2.24) is 0 Å². The Morgan fingerprint density at radius 2 is 2.22 bits per heavy atom. The highest BCUT2D eigenvalue weighted by Gasteiger charge is 2.32. The molecule has 1 aliphatic carbocycles. The molecule has 2 N–H and O–H groups in total. The maximum absolute atomic E-state index is 11.6. The third kappa shape index (κ3) is 3.35. The lowest BCUT2D eigenvalue weighted by Crippen LogP contribution is -2.32. The van der Waals surface area contributed by atoms with Gasteiger partial charge in [-0.05, 0) is 58.1 Å². The number of rotatable bonds is 3. The predicted octanol–water partition coefficient (Wildman–Crippen LogP) is 3.11. The van der Waals surface area contributed by atoms with Gasteiger partial charge in [-0.2, -0.15) is 0 Å². The normalized spacial score (nSPS) is 27.1. The molecule has 1 heterocycles. The van der Waals surface area contributed by atoms with E-state index in [1.54, 1.807) is 11.3 Å². The van der Waals surface area contributed by atoms with Gasteiger partial charge in [-0.1, -0.05) is 6.42 Å². The number of halogens is 1. The standard InChI is InChI=1S/C12H18BrNO2S2/c1-18(15,16)10-4-2-3-8(5-10)12(14)9-6-11(13)17-7-9/h6-8,10,12H,2-5,14H2,1H3. The van der Waals surface area contributed by atoms with Gasteiger partial charge in [0.1, 0.15) is 9.84 Å². The highest BCUT2D eigenvalue weighted by atomic mass is 79.9. The minimum Gasteiger partial charge on any atom is -0.324 e. The first kappa shape index (κ1) is 14.5. The van der Waals surface area contributed by atoms with Crippen LogP contribution in [0.25, 0.3) is 0 Å². The van der Waals surface area contributed by atoms with Crippen LogP contribution in [-0.4, -0.2) is 19.9 Å². The number of hydrogen-bond donors (Lipinski definition) is 1. The quantitative estimate of drug-likeness (QED) is 0.909. The molecule has 0 saturated heterocycles. The SMILES string of the molecule is CS(=O)(=O)C1CCCC(C(N)c2csc(Br)c2)C1. The van der Waals surface area contributed by atoms with Crippen molar-refractivity contribution in [2.75, 3.05) is 6.26 Å². The Hall–Kier alpha value is 0.0900. The molecule has 0 radical (unpaired) electrons. The van der Waals surface area contributed by atoms with Crippen molar-refractivity contribution in [3.8, 4) is 0 Å². The van der Waals surface area contributed by atoms with E-state index >= 15 is 0 Å². The first-order valence-electron chi connectivity index (χ1n) is 6.06. The van der Waals surface area contributed by atoms with E-state index in [9.17, 15) is 8.42 Å². The molecule has 1 saturated carbocycles. The van der Waals surface area contributed by atoms with E-state index in [0.29, 0.717) is 6.42 Å². The van der Waals surface area contributed by atoms with Crippen LogP contribution in [-0.2, 0) is 9.84 Å². The molecule has 3 atom stereocenters. The van der Waals surface area contributed by atoms with Gasteiger partial charge in [0.2, 0.25) is 0 Å². The van der Waals surface area contributed by atoms with Crippen LogP contribution in [0.15, 0.2) is 15.2 Å². The van der Waals surface area contributed by atoms with Crippen molar-refractivity contribution in [1.29, 1.82) is 0 Å². The van der Waals surface area contributed by atoms with Gasteiger partial charge in [-0.3, -0.25) is 0 Å². The molecule has 6 heteroatoms. The fourth-order valence-corrected chi connectivity index (χ4v) is 5.08. The average molecular weight is 352 g/mol. The summed E-state index contributed by atoms with van der Waals surface area (Å²) in [6.07, 6.45) is 4.82. The maximum Gasteiger partial charge on any atom is 0.150 e. The Morgan fingerprint density at radius 1 is 1.50 bits per heavy atom. The molecule has 3 unspecified atom stereocenters. The maximum atomic E-state index is 11.6. The molecule has 2 rings (SSSR count). The van der Waals surface area contributed by atoms with E-state index in [4.69, 9.17) is 5.73 Å². The van der Waals surface area contributed by atoms with Crippen molar-refractivity contribution in [2.45, 2.75) is 37.0 Å². The minimum atomic E-state index is -2.93. The molecule has 3 nitrogen and oxygen atoms in total. The Morgan fingerprint density at radius 3 is 2.78 bits per heavy atom. The van der Waals surface area contributed by atoms with Gasteiger partial charge in [0.15, 0.2) is 0 Å². The summed E-state index contributed by atoms with van der Waals surface area (Å²) < 4.78 is 24.4. The van der Waals surface area contributed by atoms with E-state index in [-0.39, 0.29) is 17.2 Å². The second-order valence-corrected chi connectivity index (χ2v) is 9.70. The van der Waals surface area contributed by atoms with Crippen LogP contribution >= 0.6 is 27.3 Å². The van der Waals surface area contributed by atoms with E-state index in [1.165, 1.54) is 6.26 Å². The van der Waals surface area contributed by atoms with Crippen molar-refractivity contribution in [3.05, 3.63) is 20.8 Å². The Bertz CT molecular complexity index is 512. The van der Waals surface area contributed by atoms with Crippen LogP contribution in [0.3, 0.4) is 0 Å². The fourth-order valence-electron chi connectivity index (χ4n) is 2.67. The van der Waals surface area contributed by atoms with Gasteiger partial charge >= 0.3 is 0 Å². The molecule has 1 aliphatic rings. The first-order chi connectivity index (χ1) is 8.38. The molecule has 0 aromatic carbocycles. The lowest BCUT2D eigenvalue weighted by molar-refractivity contribution is 0.309. The van der Waals surface area contributed by atoms with Crippen LogP contribution in [0.5, 0.6) is 0 Å². The molecule has 1 fully saturated rings. The van der Waals surface area contributed by atoms with Crippen molar-refractivity contribution in [3.63, 3.8) is 0 Å². The third-order valence-corrected chi connectivity index (χ3v) is 6.91. The summed E-state index contributed by atoms with van der Waals surface area (Å²) in [7, 11) is -2.93. The van der Waals surface area contributed by atoms with Crippen molar-refractivity contribution < 1.29 is 8.42 Å². The summed E-state index contributed by atoms with van der Waals surface area (Å²) in [5.74, 6) is 0.278. The topological polar surface area (TPSA) is 60.2 Å². The summed E-state index contributed by atoms with van der Waals surface area (Å²) in [6.45, 7) is 0. The molecular formula is C12H18BrNO2S2. The smallest absolute Gasteiger partial charge is 0.150 e. The van der Waals surface area contributed by atoms with E-state index in [1.807, 2.05) is 6.07 Å². The van der Waals surface area contributed by atoms with Crippen LogP contribution < -0.4 is 5.73 Å². The van der Waals surface area contributed by atoms with Crippen LogP contribution in [0.4, 0.5) is 0 Å². The zero-order valence-corrected chi connectivity index (χ0v) is 13.5. The summed E-state index contributed by atoms with van der Waals surface area (Å²) >= 11 is 5.06. The summed E-state index contributed by atoms with van der Waals surface area (Å²) in [5.41, 5.74) is 7.40. The zero-order valence-electron chi connectivity index (χ0n) is 10.3. The average Bonchev–Trinajstić information content (AvgIpc) is 2.74. The highest BCUT2D eigenvalue weighted by Crippen LogP contribution is 2.37. The second-order valence-electron chi connectivity index (χ2n) is 5.09. The Labute approximate surface area is 121 Å². The van der Waals surface area contributed by atoms with Crippen LogP contribution in [0, 0.1) is 5.92 Å². The molecule has 1 aromatic heterocycles. The van der Waals surface area contributed by atoms with Crippen LogP contribution in [0.1, 0.15) is 37.3 Å². The third-order valence-electron chi connectivity index (χ3n) is 3.75. The van der Waals surface area contributed by atoms with E-state index in [0.717, 1.165) is 28.6 Å². The number of sulfone groups is 1. The molecular weight excluding hydrogens is 334 g/mol. The van der Waals surface area contributed by atoms with E-state index < -0.39 is 9.84 Å². The lowest BCUT2D eigenvalue weighted by Gasteiger charge is -2.31. The lowest BCUT2D eigenvalue weighted by atomic mass is 9.82. The second kappa shape index (κ2) is 5.61. The van der Waals surface area contributed by atoms with Gasteiger partial charge in [-0.25, -0.2) is 8.42 Å². The monoisotopic (exact) mass is 351 g/mol. The molecule has 0 amide bonds. The van der Waals surface area contributed by atoms with Gasteiger partial charge in [0, 0.05) is 12.3 Å². The zero-order chi connectivity index (χ0) is 13.3.